The Labute approximate surface area is 118 Å². The number of hydrogen-bond donors (Lipinski definition) is 0. The fraction of sp³-hybridized carbons (Fsp3) is 0.467. The van der Waals surface area contributed by atoms with Gasteiger partial charge in [-0.2, -0.15) is 5.10 Å². The molecule has 0 bridgehead atoms. The maximum absolute atomic E-state index is 12.6. The van der Waals surface area contributed by atoms with Crippen LogP contribution in [-0.2, 0) is 7.05 Å². The third kappa shape index (κ3) is 2.46. The molecule has 2 heterocycles. The molecule has 0 aliphatic carbocycles. The molecular weight excluding hydrogens is 252 g/mol. The van der Waals surface area contributed by atoms with Gasteiger partial charge in [-0.1, -0.05) is 12.1 Å². The van der Waals surface area contributed by atoms with Crippen molar-refractivity contribution in [2.24, 2.45) is 7.05 Å². The Hall–Kier alpha value is -1.72. The first kappa shape index (κ1) is 13.3. The monoisotopic (exact) mass is 272 g/mol. The van der Waals surface area contributed by atoms with Gasteiger partial charge in [0.2, 0.25) is 0 Å². The summed E-state index contributed by atoms with van der Waals surface area (Å²) in [5.41, 5.74) is 1.72. The van der Waals surface area contributed by atoms with Crippen LogP contribution in [-0.4, -0.2) is 65.1 Å². The van der Waals surface area contributed by atoms with Crippen molar-refractivity contribution < 1.29 is 4.79 Å². The van der Waals surface area contributed by atoms with Crippen LogP contribution < -0.4 is 0 Å². The van der Waals surface area contributed by atoms with Crippen molar-refractivity contribution in [3.05, 3.63) is 30.0 Å². The van der Waals surface area contributed by atoms with E-state index in [1.165, 1.54) is 0 Å². The smallest absolute Gasteiger partial charge is 0.178 e. The van der Waals surface area contributed by atoms with Gasteiger partial charge in [-0.3, -0.25) is 14.4 Å². The number of piperazine rings is 1. The third-order valence-electron chi connectivity index (χ3n) is 4.02. The van der Waals surface area contributed by atoms with Crippen LogP contribution >= 0.6 is 0 Å². The molecule has 5 nitrogen and oxygen atoms in total. The molecular formula is C15H20N4O. The lowest BCUT2D eigenvalue weighted by molar-refractivity contribution is 0.0877. The Morgan fingerprint density at radius 2 is 1.95 bits per heavy atom. The topological polar surface area (TPSA) is 41.4 Å². The minimum Gasteiger partial charge on any atom is -0.304 e. The van der Waals surface area contributed by atoms with Gasteiger partial charge in [0.1, 0.15) is 0 Å². The molecule has 2 aromatic rings. The zero-order valence-electron chi connectivity index (χ0n) is 12.0. The van der Waals surface area contributed by atoms with Crippen molar-refractivity contribution in [3.63, 3.8) is 0 Å². The van der Waals surface area contributed by atoms with Crippen LogP contribution in [0.25, 0.3) is 10.9 Å². The van der Waals surface area contributed by atoms with Gasteiger partial charge in [0.05, 0.1) is 18.3 Å². The summed E-state index contributed by atoms with van der Waals surface area (Å²) in [5.74, 6) is 0.184. The standard InChI is InChI=1S/C15H20N4O/c1-17-6-8-19(9-7-17)11-14(20)13-5-3-4-12-10-16-18(2)15(12)13/h3-5,10H,6-9,11H2,1-2H3. The first-order valence-corrected chi connectivity index (χ1v) is 7.00. The summed E-state index contributed by atoms with van der Waals surface area (Å²) >= 11 is 0. The summed E-state index contributed by atoms with van der Waals surface area (Å²) in [4.78, 5) is 17.1. The molecule has 5 heteroatoms. The molecule has 1 saturated heterocycles. The van der Waals surface area contributed by atoms with Crippen molar-refractivity contribution in [2.45, 2.75) is 0 Å². The van der Waals surface area contributed by atoms with E-state index >= 15 is 0 Å². The van der Waals surface area contributed by atoms with E-state index in [9.17, 15) is 4.79 Å². The molecule has 0 radical (unpaired) electrons. The van der Waals surface area contributed by atoms with Crippen LogP contribution in [0.1, 0.15) is 10.4 Å². The number of likely N-dealkylation sites (N-methyl/N-ethyl adjacent to an activating group) is 1. The van der Waals surface area contributed by atoms with E-state index in [1.54, 1.807) is 4.68 Å². The van der Waals surface area contributed by atoms with Crippen LogP contribution in [0.4, 0.5) is 0 Å². The van der Waals surface area contributed by atoms with Gasteiger partial charge in [-0.15, -0.1) is 0 Å². The highest BCUT2D eigenvalue weighted by Gasteiger charge is 2.19. The van der Waals surface area contributed by atoms with Gasteiger partial charge < -0.3 is 4.90 Å². The normalized spacial score (nSPS) is 17.7. The SMILES string of the molecule is CN1CCN(CC(=O)c2cccc3cnn(C)c23)CC1. The molecule has 1 aromatic carbocycles. The number of Topliss-reactive ketones (excluding diaryl/α,β-unsaturated/α-hetero) is 1. The second kappa shape index (κ2) is 5.34. The third-order valence-corrected chi connectivity index (χ3v) is 4.02. The molecule has 20 heavy (non-hydrogen) atoms. The summed E-state index contributed by atoms with van der Waals surface area (Å²) in [6.45, 7) is 4.48. The minimum absolute atomic E-state index is 0.184. The van der Waals surface area contributed by atoms with Gasteiger partial charge in [-0.05, 0) is 13.1 Å². The van der Waals surface area contributed by atoms with Crippen molar-refractivity contribution in [1.29, 1.82) is 0 Å². The molecule has 1 aliphatic rings. The average Bonchev–Trinajstić information content (AvgIpc) is 2.83. The van der Waals surface area contributed by atoms with Gasteiger partial charge in [0, 0.05) is 44.2 Å². The van der Waals surface area contributed by atoms with Crippen molar-refractivity contribution in [2.75, 3.05) is 39.8 Å². The molecule has 1 aliphatic heterocycles. The second-order valence-electron chi connectivity index (χ2n) is 5.51. The summed E-state index contributed by atoms with van der Waals surface area (Å²) in [7, 11) is 4.00. The molecule has 3 rings (SSSR count). The van der Waals surface area contributed by atoms with E-state index in [0.29, 0.717) is 6.54 Å². The van der Waals surface area contributed by atoms with Gasteiger partial charge in [0.25, 0.3) is 0 Å². The minimum atomic E-state index is 0.184. The first-order chi connectivity index (χ1) is 9.65. The Balaban J connectivity index is 1.80. The average molecular weight is 272 g/mol. The first-order valence-electron chi connectivity index (χ1n) is 7.00. The van der Waals surface area contributed by atoms with Crippen molar-refractivity contribution in [3.8, 4) is 0 Å². The van der Waals surface area contributed by atoms with E-state index in [0.717, 1.165) is 42.6 Å². The number of carbonyl (C=O) groups is 1. The summed E-state index contributed by atoms with van der Waals surface area (Å²) < 4.78 is 1.78. The molecule has 1 fully saturated rings. The lowest BCUT2D eigenvalue weighted by atomic mass is 10.1. The fourth-order valence-electron chi connectivity index (χ4n) is 2.75. The summed E-state index contributed by atoms with van der Waals surface area (Å²) in [6, 6.07) is 5.83. The van der Waals surface area contributed by atoms with Crippen LogP contribution in [0.2, 0.25) is 0 Å². The van der Waals surface area contributed by atoms with E-state index in [4.69, 9.17) is 0 Å². The number of fused-ring (bicyclic) bond motifs is 1. The van der Waals surface area contributed by atoms with Crippen LogP contribution in [0.3, 0.4) is 0 Å². The van der Waals surface area contributed by atoms with Crippen molar-refractivity contribution >= 4 is 16.7 Å². The van der Waals surface area contributed by atoms with E-state index in [2.05, 4.69) is 21.9 Å². The molecule has 0 unspecified atom stereocenters. The van der Waals surface area contributed by atoms with E-state index in [1.807, 2.05) is 31.4 Å². The lowest BCUT2D eigenvalue weighted by Crippen LogP contribution is -2.46. The Morgan fingerprint density at radius 3 is 2.70 bits per heavy atom. The quantitative estimate of drug-likeness (QED) is 0.782. The molecule has 0 saturated carbocycles. The summed E-state index contributed by atoms with van der Waals surface area (Å²) in [5, 5.41) is 5.26. The number of para-hydroxylation sites is 1. The zero-order valence-corrected chi connectivity index (χ0v) is 12.0. The number of benzene rings is 1. The number of nitrogens with zero attached hydrogens (tertiary/aromatic N) is 4. The van der Waals surface area contributed by atoms with Crippen LogP contribution in [0, 0.1) is 0 Å². The maximum atomic E-state index is 12.6. The Bertz CT molecular complexity index is 626. The Morgan fingerprint density at radius 1 is 1.20 bits per heavy atom. The second-order valence-corrected chi connectivity index (χ2v) is 5.51. The van der Waals surface area contributed by atoms with Crippen LogP contribution in [0.15, 0.2) is 24.4 Å². The van der Waals surface area contributed by atoms with Crippen molar-refractivity contribution in [1.82, 2.24) is 19.6 Å². The highest BCUT2D eigenvalue weighted by Crippen LogP contribution is 2.18. The molecule has 0 amide bonds. The van der Waals surface area contributed by atoms with E-state index < -0.39 is 0 Å². The highest BCUT2D eigenvalue weighted by molar-refractivity contribution is 6.07. The molecule has 1 aromatic heterocycles. The number of rotatable bonds is 3. The predicted molar refractivity (Wildman–Crippen MR) is 79.0 cm³/mol. The lowest BCUT2D eigenvalue weighted by Gasteiger charge is -2.31. The van der Waals surface area contributed by atoms with Crippen LogP contribution in [0.5, 0.6) is 0 Å². The number of hydrogen-bond acceptors (Lipinski definition) is 4. The largest absolute Gasteiger partial charge is 0.304 e. The zero-order chi connectivity index (χ0) is 14.1. The number of aromatic nitrogens is 2. The highest BCUT2D eigenvalue weighted by atomic mass is 16.1. The number of carbonyl (C=O) groups excluding carboxylic acids is 1. The Kier molecular flexibility index (Phi) is 3.54. The molecule has 0 N–H and O–H groups in total. The van der Waals surface area contributed by atoms with E-state index in [-0.39, 0.29) is 5.78 Å². The fourth-order valence-corrected chi connectivity index (χ4v) is 2.75. The maximum Gasteiger partial charge on any atom is 0.178 e. The predicted octanol–water partition coefficient (Wildman–Crippen LogP) is 1.00. The van der Waals surface area contributed by atoms with Gasteiger partial charge in [0.15, 0.2) is 5.78 Å². The summed E-state index contributed by atoms with van der Waals surface area (Å²) in [6.07, 6.45) is 1.81. The molecule has 0 atom stereocenters. The number of ketones is 1. The van der Waals surface area contributed by atoms with Gasteiger partial charge in [-0.25, -0.2) is 0 Å². The molecule has 106 valence electrons. The van der Waals surface area contributed by atoms with Gasteiger partial charge >= 0.3 is 0 Å². The number of aryl methyl sites for hydroxylation is 1. The molecule has 0 spiro atoms.